The number of halogens is 1. The molecule has 0 aliphatic carbocycles. The van der Waals surface area contributed by atoms with Crippen LogP contribution in [0.15, 0.2) is 60.7 Å². The Hall–Kier alpha value is -2.35. The highest BCUT2D eigenvalue weighted by molar-refractivity contribution is 5.98. The summed E-state index contributed by atoms with van der Waals surface area (Å²) in [5.41, 5.74) is 8.37. The van der Waals surface area contributed by atoms with Gasteiger partial charge in [-0.15, -0.1) is 0 Å². The van der Waals surface area contributed by atoms with Crippen LogP contribution in [-0.4, -0.2) is 0 Å². The van der Waals surface area contributed by atoms with Crippen LogP contribution in [0.3, 0.4) is 0 Å². The lowest BCUT2D eigenvalue weighted by Crippen LogP contribution is -1.88. The van der Waals surface area contributed by atoms with Crippen LogP contribution in [0.4, 0.5) is 10.1 Å². The van der Waals surface area contributed by atoms with Crippen molar-refractivity contribution in [2.45, 2.75) is 0 Å². The van der Waals surface area contributed by atoms with Crippen molar-refractivity contribution in [3.05, 3.63) is 66.5 Å². The van der Waals surface area contributed by atoms with E-state index in [9.17, 15) is 4.39 Å². The molecule has 88 valence electrons. The number of hydrogen-bond acceptors (Lipinski definition) is 1. The summed E-state index contributed by atoms with van der Waals surface area (Å²) in [7, 11) is 0. The molecule has 0 heterocycles. The molecule has 3 aromatic carbocycles. The molecule has 0 atom stereocenters. The Kier molecular flexibility index (Phi) is 2.49. The average molecular weight is 237 g/mol. The first-order chi connectivity index (χ1) is 8.74. The first-order valence-corrected chi connectivity index (χ1v) is 5.78. The number of nitrogen functional groups attached to an aromatic ring is 1. The molecule has 1 nitrogen and oxygen atoms in total. The number of anilines is 1. The molecule has 0 spiro atoms. The van der Waals surface area contributed by atoms with E-state index in [1.54, 1.807) is 12.1 Å². The van der Waals surface area contributed by atoms with E-state index in [0.717, 1.165) is 21.9 Å². The quantitative estimate of drug-likeness (QED) is 0.630. The second kappa shape index (κ2) is 4.15. The number of fused-ring (bicyclic) bond motifs is 1. The van der Waals surface area contributed by atoms with Gasteiger partial charge in [-0.25, -0.2) is 4.39 Å². The van der Waals surface area contributed by atoms with E-state index in [-0.39, 0.29) is 5.82 Å². The Morgan fingerprint density at radius 3 is 2.39 bits per heavy atom. The zero-order chi connectivity index (χ0) is 12.5. The molecule has 0 amide bonds. The van der Waals surface area contributed by atoms with Gasteiger partial charge in [0.15, 0.2) is 0 Å². The van der Waals surface area contributed by atoms with Crippen molar-refractivity contribution in [2.75, 3.05) is 5.73 Å². The van der Waals surface area contributed by atoms with Crippen molar-refractivity contribution < 1.29 is 4.39 Å². The largest absolute Gasteiger partial charge is 0.399 e. The third kappa shape index (κ3) is 1.82. The Balaban J connectivity index is 2.37. The number of rotatable bonds is 1. The van der Waals surface area contributed by atoms with Crippen molar-refractivity contribution in [1.29, 1.82) is 0 Å². The minimum Gasteiger partial charge on any atom is -0.399 e. The van der Waals surface area contributed by atoms with Crippen molar-refractivity contribution in [1.82, 2.24) is 0 Å². The zero-order valence-corrected chi connectivity index (χ0v) is 9.73. The summed E-state index contributed by atoms with van der Waals surface area (Å²) >= 11 is 0. The van der Waals surface area contributed by atoms with Gasteiger partial charge >= 0.3 is 0 Å². The SMILES string of the molecule is Nc1ccc2cc(F)cc(-c3ccccc3)c2c1. The lowest BCUT2D eigenvalue weighted by molar-refractivity contribution is 0.630. The van der Waals surface area contributed by atoms with Gasteiger partial charge in [-0.05, 0) is 46.2 Å². The van der Waals surface area contributed by atoms with Gasteiger partial charge < -0.3 is 5.73 Å². The Bertz CT molecular complexity index is 705. The van der Waals surface area contributed by atoms with Crippen molar-refractivity contribution in [2.24, 2.45) is 0 Å². The number of hydrogen-bond donors (Lipinski definition) is 1. The molecule has 2 N–H and O–H groups in total. The van der Waals surface area contributed by atoms with E-state index in [1.807, 2.05) is 42.5 Å². The monoisotopic (exact) mass is 237 g/mol. The van der Waals surface area contributed by atoms with Gasteiger partial charge in [-0.3, -0.25) is 0 Å². The molecular formula is C16H12FN. The molecule has 3 rings (SSSR count). The highest BCUT2D eigenvalue weighted by Gasteiger charge is 2.06. The smallest absolute Gasteiger partial charge is 0.124 e. The van der Waals surface area contributed by atoms with Crippen LogP contribution in [0.25, 0.3) is 21.9 Å². The molecule has 0 radical (unpaired) electrons. The average Bonchev–Trinajstić information content (AvgIpc) is 2.39. The maximum absolute atomic E-state index is 13.7. The molecule has 0 aromatic heterocycles. The van der Waals surface area contributed by atoms with Crippen LogP contribution in [0.1, 0.15) is 0 Å². The summed E-state index contributed by atoms with van der Waals surface area (Å²) in [6.45, 7) is 0. The lowest BCUT2D eigenvalue weighted by atomic mass is 9.98. The fourth-order valence-electron chi connectivity index (χ4n) is 2.20. The molecule has 0 saturated heterocycles. The van der Waals surface area contributed by atoms with Gasteiger partial charge in [0.1, 0.15) is 5.82 Å². The second-order valence-corrected chi connectivity index (χ2v) is 4.30. The third-order valence-electron chi connectivity index (χ3n) is 3.03. The Labute approximate surface area is 105 Å². The summed E-state index contributed by atoms with van der Waals surface area (Å²) in [4.78, 5) is 0. The van der Waals surface area contributed by atoms with E-state index in [2.05, 4.69) is 0 Å². The van der Waals surface area contributed by atoms with Crippen molar-refractivity contribution in [3.63, 3.8) is 0 Å². The summed E-state index contributed by atoms with van der Waals surface area (Å²) in [6.07, 6.45) is 0. The Morgan fingerprint density at radius 2 is 1.61 bits per heavy atom. The molecule has 0 aliphatic heterocycles. The topological polar surface area (TPSA) is 26.0 Å². The van der Waals surface area contributed by atoms with Crippen molar-refractivity contribution >= 4 is 16.5 Å². The molecule has 18 heavy (non-hydrogen) atoms. The third-order valence-corrected chi connectivity index (χ3v) is 3.03. The summed E-state index contributed by atoms with van der Waals surface area (Å²) in [6, 6.07) is 18.4. The summed E-state index contributed by atoms with van der Waals surface area (Å²) in [5.74, 6) is -0.230. The number of benzene rings is 3. The van der Waals surface area contributed by atoms with Crippen LogP contribution < -0.4 is 5.73 Å². The van der Waals surface area contributed by atoms with Crippen LogP contribution in [0.2, 0.25) is 0 Å². The van der Waals surface area contributed by atoms with Gasteiger partial charge in [0.05, 0.1) is 0 Å². The van der Waals surface area contributed by atoms with E-state index in [1.165, 1.54) is 6.07 Å². The molecular weight excluding hydrogens is 225 g/mol. The lowest BCUT2D eigenvalue weighted by Gasteiger charge is -2.08. The normalized spacial score (nSPS) is 10.7. The maximum atomic E-state index is 13.7. The predicted octanol–water partition coefficient (Wildman–Crippen LogP) is 4.23. The van der Waals surface area contributed by atoms with Gasteiger partial charge in [0.2, 0.25) is 0 Å². The molecule has 0 fully saturated rings. The minimum absolute atomic E-state index is 0.230. The van der Waals surface area contributed by atoms with E-state index in [4.69, 9.17) is 5.73 Å². The fourth-order valence-corrected chi connectivity index (χ4v) is 2.20. The zero-order valence-electron chi connectivity index (χ0n) is 9.73. The van der Waals surface area contributed by atoms with Crippen LogP contribution in [0, 0.1) is 5.82 Å². The van der Waals surface area contributed by atoms with E-state index in [0.29, 0.717) is 5.69 Å². The first kappa shape index (κ1) is 10.8. The van der Waals surface area contributed by atoms with Crippen molar-refractivity contribution in [3.8, 4) is 11.1 Å². The molecule has 2 heteroatoms. The van der Waals surface area contributed by atoms with Gasteiger partial charge in [0, 0.05) is 5.69 Å². The van der Waals surface area contributed by atoms with Crippen LogP contribution in [0.5, 0.6) is 0 Å². The highest BCUT2D eigenvalue weighted by atomic mass is 19.1. The standard InChI is InChI=1S/C16H12FN/c17-13-8-12-6-7-14(18)10-16(12)15(9-13)11-4-2-1-3-5-11/h1-10H,18H2. The van der Waals surface area contributed by atoms with E-state index < -0.39 is 0 Å². The second-order valence-electron chi connectivity index (χ2n) is 4.30. The van der Waals surface area contributed by atoms with Crippen LogP contribution in [-0.2, 0) is 0 Å². The fraction of sp³-hybridized carbons (Fsp3) is 0. The Morgan fingerprint density at radius 1 is 0.833 bits per heavy atom. The highest BCUT2D eigenvalue weighted by Crippen LogP contribution is 2.30. The molecule has 0 unspecified atom stereocenters. The minimum atomic E-state index is -0.230. The van der Waals surface area contributed by atoms with Gasteiger partial charge in [0.25, 0.3) is 0 Å². The first-order valence-electron chi connectivity index (χ1n) is 5.78. The molecule has 0 bridgehead atoms. The van der Waals surface area contributed by atoms with Gasteiger partial charge in [-0.1, -0.05) is 36.4 Å². The molecule has 3 aromatic rings. The summed E-state index contributed by atoms with van der Waals surface area (Å²) in [5, 5.41) is 1.84. The number of nitrogens with two attached hydrogens (primary N) is 1. The summed E-state index contributed by atoms with van der Waals surface area (Å²) < 4.78 is 13.7. The van der Waals surface area contributed by atoms with Crippen LogP contribution >= 0.6 is 0 Å². The van der Waals surface area contributed by atoms with E-state index >= 15 is 0 Å². The molecule has 0 saturated carbocycles. The molecule has 0 aliphatic rings. The van der Waals surface area contributed by atoms with Gasteiger partial charge in [-0.2, -0.15) is 0 Å². The maximum Gasteiger partial charge on any atom is 0.124 e. The predicted molar refractivity (Wildman–Crippen MR) is 73.8 cm³/mol.